The Labute approximate surface area is 118 Å². The largest absolute Gasteiger partial charge is 0.389 e. The molecule has 1 aliphatic heterocycles. The van der Waals surface area contributed by atoms with Gasteiger partial charge in [-0.1, -0.05) is 42.3 Å². The van der Waals surface area contributed by atoms with Crippen molar-refractivity contribution in [3.05, 3.63) is 33.8 Å². The highest BCUT2D eigenvalue weighted by Gasteiger charge is 2.35. The lowest BCUT2D eigenvalue weighted by Gasteiger charge is -2.37. The van der Waals surface area contributed by atoms with Gasteiger partial charge in [0.05, 0.1) is 21.8 Å². The van der Waals surface area contributed by atoms with Gasteiger partial charge >= 0.3 is 0 Å². The van der Waals surface area contributed by atoms with Crippen LogP contribution in [0.3, 0.4) is 0 Å². The zero-order chi connectivity index (χ0) is 13.2. The van der Waals surface area contributed by atoms with Crippen LogP contribution in [0.1, 0.15) is 31.7 Å². The van der Waals surface area contributed by atoms with Gasteiger partial charge < -0.3 is 9.84 Å². The van der Waals surface area contributed by atoms with Crippen molar-refractivity contribution < 1.29 is 9.84 Å². The fraction of sp³-hybridized carbons (Fsp3) is 0.571. The molecule has 1 saturated heterocycles. The lowest BCUT2D eigenvalue weighted by Crippen LogP contribution is -2.42. The SMILES string of the molecule is CCC1CC(O)(Cc2cccc(Cl)c2Cl)CCO1. The van der Waals surface area contributed by atoms with Crippen LogP contribution in [-0.2, 0) is 11.2 Å². The number of hydrogen-bond donors (Lipinski definition) is 1. The van der Waals surface area contributed by atoms with Crippen molar-refractivity contribution >= 4 is 23.2 Å². The number of ether oxygens (including phenoxy) is 1. The van der Waals surface area contributed by atoms with Crippen LogP contribution in [0.15, 0.2) is 18.2 Å². The Bertz CT molecular complexity index is 422. The molecule has 0 aromatic heterocycles. The highest BCUT2D eigenvalue weighted by Crippen LogP contribution is 2.34. The van der Waals surface area contributed by atoms with Crippen molar-refractivity contribution in [1.82, 2.24) is 0 Å². The highest BCUT2D eigenvalue weighted by molar-refractivity contribution is 6.42. The maximum atomic E-state index is 10.7. The monoisotopic (exact) mass is 288 g/mol. The number of benzene rings is 1. The Morgan fingerprint density at radius 3 is 2.94 bits per heavy atom. The van der Waals surface area contributed by atoms with E-state index in [-0.39, 0.29) is 6.10 Å². The third-order valence-electron chi connectivity index (χ3n) is 3.54. The predicted octanol–water partition coefficient (Wildman–Crippen LogP) is 3.86. The van der Waals surface area contributed by atoms with Gasteiger partial charge in [-0.15, -0.1) is 0 Å². The van der Waals surface area contributed by atoms with E-state index in [1.54, 1.807) is 6.07 Å². The summed E-state index contributed by atoms with van der Waals surface area (Å²) in [7, 11) is 0. The van der Waals surface area contributed by atoms with Gasteiger partial charge in [0.2, 0.25) is 0 Å². The van der Waals surface area contributed by atoms with E-state index in [1.807, 2.05) is 12.1 Å². The van der Waals surface area contributed by atoms with E-state index < -0.39 is 5.60 Å². The average Bonchev–Trinajstić information content (AvgIpc) is 2.35. The smallest absolute Gasteiger partial charge is 0.0735 e. The molecule has 1 fully saturated rings. The fourth-order valence-corrected chi connectivity index (χ4v) is 2.85. The van der Waals surface area contributed by atoms with Crippen molar-refractivity contribution in [2.75, 3.05) is 6.61 Å². The maximum Gasteiger partial charge on any atom is 0.0735 e. The first kappa shape index (κ1) is 14.1. The van der Waals surface area contributed by atoms with Gasteiger partial charge in [0.1, 0.15) is 0 Å². The van der Waals surface area contributed by atoms with E-state index in [0.29, 0.717) is 35.9 Å². The Kier molecular flexibility index (Phi) is 4.54. The van der Waals surface area contributed by atoms with E-state index in [0.717, 1.165) is 12.0 Å². The minimum atomic E-state index is -0.729. The lowest BCUT2D eigenvalue weighted by molar-refractivity contribution is -0.103. The summed E-state index contributed by atoms with van der Waals surface area (Å²) in [5.74, 6) is 0. The minimum absolute atomic E-state index is 0.140. The summed E-state index contributed by atoms with van der Waals surface area (Å²) in [6.45, 7) is 2.68. The molecule has 4 heteroatoms. The Morgan fingerprint density at radius 2 is 2.22 bits per heavy atom. The third kappa shape index (κ3) is 3.18. The second-order valence-corrected chi connectivity index (χ2v) is 5.75. The van der Waals surface area contributed by atoms with E-state index in [4.69, 9.17) is 27.9 Å². The Hall–Kier alpha value is -0.280. The van der Waals surface area contributed by atoms with Gasteiger partial charge in [-0.2, -0.15) is 0 Å². The normalized spacial score (nSPS) is 28.3. The zero-order valence-corrected chi connectivity index (χ0v) is 12.0. The molecule has 1 aromatic rings. The lowest BCUT2D eigenvalue weighted by atomic mass is 9.84. The molecule has 1 N–H and O–H groups in total. The third-order valence-corrected chi connectivity index (χ3v) is 4.39. The molecule has 0 amide bonds. The molecule has 1 aliphatic rings. The van der Waals surface area contributed by atoms with Gasteiger partial charge in [-0.25, -0.2) is 0 Å². The first-order valence-corrected chi connectivity index (χ1v) is 7.06. The summed E-state index contributed by atoms with van der Waals surface area (Å²) in [5, 5.41) is 11.7. The van der Waals surface area contributed by atoms with Crippen LogP contribution in [0.2, 0.25) is 10.0 Å². The highest BCUT2D eigenvalue weighted by atomic mass is 35.5. The molecular weight excluding hydrogens is 271 g/mol. The summed E-state index contributed by atoms with van der Waals surface area (Å²) in [5.41, 5.74) is 0.177. The summed E-state index contributed by atoms with van der Waals surface area (Å²) in [4.78, 5) is 0. The molecule has 2 atom stereocenters. The molecule has 0 spiro atoms. The maximum absolute atomic E-state index is 10.7. The molecule has 2 nitrogen and oxygen atoms in total. The minimum Gasteiger partial charge on any atom is -0.389 e. The standard InChI is InChI=1S/C14H18Cl2O2/c1-2-11-9-14(17,6-7-18-11)8-10-4-3-5-12(15)13(10)16/h3-5,11,17H,2,6-9H2,1H3. The van der Waals surface area contributed by atoms with E-state index in [2.05, 4.69) is 6.92 Å². The second kappa shape index (κ2) is 5.79. The number of aliphatic hydroxyl groups is 1. The van der Waals surface area contributed by atoms with Gasteiger partial charge in [-0.05, 0) is 24.5 Å². The molecule has 100 valence electrons. The number of rotatable bonds is 3. The summed E-state index contributed by atoms with van der Waals surface area (Å²) in [6, 6.07) is 5.54. The molecule has 18 heavy (non-hydrogen) atoms. The van der Waals surface area contributed by atoms with Crippen LogP contribution >= 0.6 is 23.2 Å². The van der Waals surface area contributed by atoms with Crippen LogP contribution in [0.25, 0.3) is 0 Å². The first-order valence-electron chi connectivity index (χ1n) is 6.31. The van der Waals surface area contributed by atoms with Crippen LogP contribution in [0.5, 0.6) is 0 Å². The van der Waals surface area contributed by atoms with Crippen molar-refractivity contribution in [2.24, 2.45) is 0 Å². The van der Waals surface area contributed by atoms with E-state index in [9.17, 15) is 5.11 Å². The molecule has 0 bridgehead atoms. The molecule has 2 rings (SSSR count). The number of halogens is 2. The molecule has 0 radical (unpaired) electrons. The average molecular weight is 289 g/mol. The molecule has 1 aromatic carbocycles. The van der Waals surface area contributed by atoms with Gasteiger partial charge in [0.25, 0.3) is 0 Å². The zero-order valence-electron chi connectivity index (χ0n) is 10.5. The van der Waals surface area contributed by atoms with Crippen LogP contribution in [0.4, 0.5) is 0 Å². The van der Waals surface area contributed by atoms with Gasteiger partial charge in [0.15, 0.2) is 0 Å². The quantitative estimate of drug-likeness (QED) is 0.915. The van der Waals surface area contributed by atoms with Crippen LogP contribution in [-0.4, -0.2) is 23.4 Å². The second-order valence-electron chi connectivity index (χ2n) is 4.97. The van der Waals surface area contributed by atoms with E-state index >= 15 is 0 Å². The molecule has 0 aliphatic carbocycles. The summed E-state index contributed by atoms with van der Waals surface area (Å²) >= 11 is 12.2. The number of hydrogen-bond acceptors (Lipinski definition) is 2. The topological polar surface area (TPSA) is 29.5 Å². The predicted molar refractivity (Wildman–Crippen MR) is 74.4 cm³/mol. The first-order chi connectivity index (χ1) is 8.54. The van der Waals surface area contributed by atoms with Gasteiger partial charge in [0, 0.05) is 19.4 Å². The van der Waals surface area contributed by atoms with Crippen LogP contribution in [0, 0.1) is 0 Å². The van der Waals surface area contributed by atoms with E-state index in [1.165, 1.54) is 0 Å². The van der Waals surface area contributed by atoms with Gasteiger partial charge in [-0.3, -0.25) is 0 Å². The Balaban J connectivity index is 2.14. The summed E-state index contributed by atoms with van der Waals surface area (Å²) in [6.07, 6.45) is 2.90. The van der Waals surface area contributed by atoms with Crippen molar-refractivity contribution in [1.29, 1.82) is 0 Å². The summed E-state index contributed by atoms with van der Waals surface area (Å²) < 4.78 is 5.60. The fourth-order valence-electron chi connectivity index (χ4n) is 2.46. The molecule has 0 saturated carbocycles. The van der Waals surface area contributed by atoms with Crippen molar-refractivity contribution in [3.8, 4) is 0 Å². The van der Waals surface area contributed by atoms with Crippen molar-refractivity contribution in [3.63, 3.8) is 0 Å². The van der Waals surface area contributed by atoms with Crippen LogP contribution < -0.4 is 0 Å². The molecule has 2 unspecified atom stereocenters. The molecular formula is C14H18Cl2O2. The van der Waals surface area contributed by atoms with Crippen molar-refractivity contribution in [2.45, 2.75) is 44.3 Å². The Morgan fingerprint density at radius 1 is 1.44 bits per heavy atom. The molecule has 1 heterocycles.